The molecule has 0 aliphatic rings. The number of rotatable bonds is 2. The molecule has 0 saturated carbocycles. The van der Waals surface area contributed by atoms with E-state index >= 15 is 0 Å². The maximum Gasteiger partial charge on any atom is 0.335 e. The highest BCUT2D eigenvalue weighted by atomic mass is 79.9. The van der Waals surface area contributed by atoms with Crippen LogP contribution in [0.2, 0.25) is 0 Å². The molecule has 19 heavy (non-hydrogen) atoms. The first kappa shape index (κ1) is 14.9. The molecule has 0 atom stereocenters. The van der Waals surface area contributed by atoms with Gasteiger partial charge in [-0.25, -0.2) is 4.79 Å². The molecule has 0 saturated heterocycles. The Morgan fingerprint density at radius 1 is 0.895 bits per heavy atom. The molecule has 0 aliphatic carbocycles. The van der Waals surface area contributed by atoms with Crippen molar-refractivity contribution in [1.82, 2.24) is 0 Å². The van der Waals surface area contributed by atoms with Crippen LogP contribution in [0.3, 0.4) is 0 Å². The van der Waals surface area contributed by atoms with Gasteiger partial charge in [-0.3, -0.25) is 4.79 Å². The summed E-state index contributed by atoms with van der Waals surface area (Å²) in [7, 11) is 0. The molecule has 0 spiro atoms. The molecule has 0 radical (unpaired) electrons. The topological polar surface area (TPSA) is 80.4 Å². The third-order valence-electron chi connectivity index (χ3n) is 2.15. The van der Waals surface area contributed by atoms with E-state index in [0.717, 1.165) is 4.47 Å². The predicted molar refractivity (Wildman–Crippen MR) is 76.1 cm³/mol. The van der Waals surface area contributed by atoms with Gasteiger partial charge in [0, 0.05) is 10.0 Å². The minimum Gasteiger partial charge on any atom is -0.478 e. The zero-order valence-electron chi connectivity index (χ0n) is 9.92. The zero-order chi connectivity index (χ0) is 14.3. The van der Waals surface area contributed by atoms with Crippen LogP contribution in [0, 0.1) is 0 Å². The van der Waals surface area contributed by atoms with Crippen molar-refractivity contribution in [2.24, 2.45) is 5.73 Å². The number of carbonyl (C=O) groups is 2. The Morgan fingerprint density at radius 2 is 1.42 bits per heavy atom. The molecule has 0 heterocycles. The summed E-state index contributed by atoms with van der Waals surface area (Å²) in [6.07, 6.45) is 0. The summed E-state index contributed by atoms with van der Waals surface area (Å²) >= 11 is 3.20. The minimum atomic E-state index is -0.896. The molecule has 1 amide bonds. The highest BCUT2D eigenvalue weighted by molar-refractivity contribution is 9.10. The third kappa shape index (κ3) is 5.35. The van der Waals surface area contributed by atoms with Gasteiger partial charge in [0.25, 0.3) is 0 Å². The lowest BCUT2D eigenvalue weighted by molar-refractivity contribution is 0.0696. The van der Waals surface area contributed by atoms with Crippen molar-refractivity contribution in [2.45, 2.75) is 0 Å². The highest BCUT2D eigenvalue weighted by Crippen LogP contribution is 2.09. The molecule has 98 valence electrons. The van der Waals surface area contributed by atoms with Gasteiger partial charge in [-0.2, -0.15) is 0 Å². The standard InChI is InChI=1S/C7H5BrO2.C7H7NO/c8-6-3-1-5(2-4-6)7(9)10;8-7(9)6-4-2-1-3-5-6/h1-4H,(H,9,10);1-5H,(H2,8,9). The molecule has 4 nitrogen and oxygen atoms in total. The van der Waals surface area contributed by atoms with E-state index in [1.165, 1.54) is 0 Å². The second-order valence-electron chi connectivity index (χ2n) is 3.54. The number of halogens is 1. The van der Waals surface area contributed by atoms with Gasteiger partial charge in [0.2, 0.25) is 5.91 Å². The Morgan fingerprint density at radius 3 is 1.79 bits per heavy atom. The molecule has 2 rings (SSSR count). The predicted octanol–water partition coefficient (Wildman–Crippen LogP) is 2.93. The molecular formula is C14H12BrNO3. The Hall–Kier alpha value is -2.14. The van der Waals surface area contributed by atoms with Crippen LogP contribution in [-0.2, 0) is 0 Å². The van der Waals surface area contributed by atoms with Crippen LogP contribution < -0.4 is 5.73 Å². The first-order valence-electron chi connectivity index (χ1n) is 5.34. The van der Waals surface area contributed by atoms with E-state index < -0.39 is 5.97 Å². The summed E-state index contributed by atoms with van der Waals surface area (Å²) in [5.41, 5.74) is 5.84. The average molecular weight is 322 g/mol. The lowest BCUT2D eigenvalue weighted by Crippen LogP contribution is -2.09. The van der Waals surface area contributed by atoms with E-state index in [0.29, 0.717) is 11.1 Å². The SMILES string of the molecule is NC(=O)c1ccccc1.O=C(O)c1ccc(Br)cc1. The largest absolute Gasteiger partial charge is 0.478 e. The van der Waals surface area contributed by atoms with E-state index in [1.807, 2.05) is 6.07 Å². The molecule has 2 aromatic carbocycles. The number of aromatic carboxylic acids is 1. The van der Waals surface area contributed by atoms with Crippen LogP contribution >= 0.6 is 15.9 Å². The van der Waals surface area contributed by atoms with E-state index in [9.17, 15) is 9.59 Å². The first-order valence-corrected chi connectivity index (χ1v) is 6.13. The van der Waals surface area contributed by atoms with Crippen molar-refractivity contribution >= 4 is 27.8 Å². The van der Waals surface area contributed by atoms with E-state index in [-0.39, 0.29) is 5.91 Å². The summed E-state index contributed by atoms with van der Waals surface area (Å²) in [5, 5.41) is 8.46. The van der Waals surface area contributed by atoms with Gasteiger partial charge in [-0.15, -0.1) is 0 Å². The number of benzene rings is 2. The average Bonchev–Trinajstić information content (AvgIpc) is 2.41. The molecule has 3 N–H and O–H groups in total. The van der Waals surface area contributed by atoms with Gasteiger partial charge in [0.15, 0.2) is 0 Å². The van der Waals surface area contributed by atoms with Gasteiger partial charge in [0.1, 0.15) is 0 Å². The molecule has 0 unspecified atom stereocenters. The molecule has 0 bridgehead atoms. The fourth-order valence-electron chi connectivity index (χ4n) is 1.19. The number of carboxylic acids is 1. The van der Waals surface area contributed by atoms with Crippen LogP contribution in [0.1, 0.15) is 20.7 Å². The van der Waals surface area contributed by atoms with Gasteiger partial charge < -0.3 is 10.8 Å². The maximum atomic E-state index is 10.4. The van der Waals surface area contributed by atoms with Crippen LogP contribution in [0.4, 0.5) is 0 Å². The molecule has 5 heteroatoms. The molecule has 2 aromatic rings. The van der Waals surface area contributed by atoms with E-state index in [1.54, 1.807) is 48.5 Å². The Balaban J connectivity index is 0.000000191. The number of hydrogen-bond donors (Lipinski definition) is 2. The van der Waals surface area contributed by atoms with Crippen molar-refractivity contribution in [3.05, 3.63) is 70.2 Å². The van der Waals surface area contributed by atoms with Crippen LogP contribution in [0.15, 0.2) is 59.1 Å². The van der Waals surface area contributed by atoms with Gasteiger partial charge >= 0.3 is 5.97 Å². The van der Waals surface area contributed by atoms with Gasteiger partial charge in [0.05, 0.1) is 5.56 Å². The summed E-state index contributed by atoms with van der Waals surface area (Å²) in [5.74, 6) is -1.27. The zero-order valence-corrected chi connectivity index (χ0v) is 11.5. The van der Waals surface area contributed by atoms with Crippen LogP contribution in [0.25, 0.3) is 0 Å². The number of primary amides is 1. The fourth-order valence-corrected chi connectivity index (χ4v) is 1.46. The number of carboxylic acid groups (broad SMARTS) is 1. The molecule has 0 aromatic heterocycles. The number of hydrogen-bond acceptors (Lipinski definition) is 2. The van der Waals surface area contributed by atoms with Crippen LogP contribution in [-0.4, -0.2) is 17.0 Å². The molecule has 0 fully saturated rings. The minimum absolute atomic E-state index is 0.309. The third-order valence-corrected chi connectivity index (χ3v) is 2.68. The normalized spacial score (nSPS) is 9.11. The summed E-state index contributed by atoms with van der Waals surface area (Å²) in [6.45, 7) is 0. The quantitative estimate of drug-likeness (QED) is 0.892. The number of nitrogens with two attached hydrogens (primary N) is 1. The number of amides is 1. The second kappa shape index (κ2) is 7.33. The maximum absolute atomic E-state index is 10.4. The van der Waals surface area contributed by atoms with Crippen molar-refractivity contribution < 1.29 is 14.7 Å². The van der Waals surface area contributed by atoms with Gasteiger partial charge in [-0.1, -0.05) is 34.1 Å². The smallest absolute Gasteiger partial charge is 0.335 e. The van der Waals surface area contributed by atoms with Crippen molar-refractivity contribution in [3.8, 4) is 0 Å². The van der Waals surface area contributed by atoms with E-state index in [4.69, 9.17) is 10.8 Å². The fraction of sp³-hybridized carbons (Fsp3) is 0. The second-order valence-corrected chi connectivity index (χ2v) is 4.46. The molecule has 0 aliphatic heterocycles. The van der Waals surface area contributed by atoms with Gasteiger partial charge in [-0.05, 0) is 36.4 Å². The summed E-state index contributed by atoms with van der Waals surface area (Å²) in [4.78, 5) is 20.7. The Labute approximate surface area is 119 Å². The van der Waals surface area contributed by atoms with E-state index in [2.05, 4.69) is 15.9 Å². The van der Waals surface area contributed by atoms with Crippen LogP contribution in [0.5, 0.6) is 0 Å². The van der Waals surface area contributed by atoms with Crippen molar-refractivity contribution in [1.29, 1.82) is 0 Å². The first-order chi connectivity index (χ1) is 9.00. The lowest BCUT2D eigenvalue weighted by atomic mass is 10.2. The molecular weight excluding hydrogens is 310 g/mol. The Kier molecular flexibility index (Phi) is 5.75. The Bertz CT molecular complexity index is 553. The van der Waals surface area contributed by atoms with Crippen molar-refractivity contribution in [2.75, 3.05) is 0 Å². The number of carbonyl (C=O) groups excluding carboxylic acids is 1. The monoisotopic (exact) mass is 321 g/mol. The lowest BCUT2D eigenvalue weighted by Gasteiger charge is -1.91. The highest BCUT2D eigenvalue weighted by Gasteiger charge is 1.99. The summed E-state index contributed by atoms with van der Waals surface area (Å²) in [6, 6.07) is 15.3. The van der Waals surface area contributed by atoms with Crippen molar-refractivity contribution in [3.63, 3.8) is 0 Å². The summed E-state index contributed by atoms with van der Waals surface area (Å²) < 4.78 is 0.887.